The molecule has 0 fully saturated rings. The van der Waals surface area contributed by atoms with Gasteiger partial charge in [0.05, 0.1) is 12.1 Å². The van der Waals surface area contributed by atoms with Crippen LogP contribution in [0.5, 0.6) is 0 Å². The second kappa shape index (κ2) is 8.64. The van der Waals surface area contributed by atoms with E-state index in [9.17, 15) is 4.79 Å². The van der Waals surface area contributed by atoms with Crippen molar-refractivity contribution in [2.24, 2.45) is 0 Å². The van der Waals surface area contributed by atoms with Crippen LogP contribution in [0, 0.1) is 0 Å². The maximum atomic E-state index is 12.2. The third kappa shape index (κ3) is 5.05. The molecular formula is C19H18Cl2N3OS+. The minimum atomic E-state index is -0.0496. The van der Waals surface area contributed by atoms with Crippen LogP contribution in [0.1, 0.15) is 5.69 Å². The third-order valence-corrected chi connectivity index (χ3v) is 5.24. The first-order chi connectivity index (χ1) is 12.5. The van der Waals surface area contributed by atoms with Gasteiger partial charge >= 0.3 is 0 Å². The lowest BCUT2D eigenvalue weighted by Gasteiger charge is -2.12. The first kappa shape index (κ1) is 18.9. The van der Waals surface area contributed by atoms with Crippen LogP contribution in [-0.4, -0.2) is 24.5 Å². The summed E-state index contributed by atoms with van der Waals surface area (Å²) >= 11 is 13.6. The number of carbonyl (C=O) groups excluding carboxylic acids is 1. The molecular weight excluding hydrogens is 389 g/mol. The summed E-state index contributed by atoms with van der Waals surface area (Å²) in [5.74, 6) is -0.0496. The summed E-state index contributed by atoms with van der Waals surface area (Å²) in [5, 5.41) is 7.11. The Morgan fingerprint density at radius 1 is 1.15 bits per heavy atom. The molecule has 0 radical (unpaired) electrons. The highest BCUT2D eigenvalue weighted by atomic mass is 35.5. The van der Waals surface area contributed by atoms with Crippen molar-refractivity contribution in [2.75, 3.05) is 18.9 Å². The summed E-state index contributed by atoms with van der Waals surface area (Å²) in [6.45, 7) is 1.01. The van der Waals surface area contributed by atoms with E-state index in [1.54, 1.807) is 35.6 Å². The molecule has 134 valence electrons. The molecule has 0 saturated heterocycles. The summed E-state index contributed by atoms with van der Waals surface area (Å²) in [6, 6.07) is 14.7. The second-order valence-electron chi connectivity index (χ2n) is 5.99. The van der Waals surface area contributed by atoms with E-state index in [-0.39, 0.29) is 5.91 Å². The highest BCUT2D eigenvalue weighted by Crippen LogP contribution is 2.29. The fraction of sp³-hybridized carbons (Fsp3) is 0.158. The lowest BCUT2D eigenvalue weighted by atomic mass is 10.2. The molecule has 4 nitrogen and oxygen atoms in total. The molecule has 1 heterocycles. The Balaban J connectivity index is 1.56. The summed E-state index contributed by atoms with van der Waals surface area (Å²) < 4.78 is 0. The Hall–Kier alpha value is -1.92. The van der Waals surface area contributed by atoms with Gasteiger partial charge in [0.25, 0.3) is 5.91 Å². The highest BCUT2D eigenvalue weighted by molar-refractivity contribution is 7.13. The predicted octanol–water partition coefficient (Wildman–Crippen LogP) is 3.77. The van der Waals surface area contributed by atoms with Gasteiger partial charge in [-0.25, -0.2) is 4.98 Å². The van der Waals surface area contributed by atoms with E-state index in [2.05, 4.69) is 10.3 Å². The minimum Gasteiger partial charge on any atom is -0.325 e. The average molecular weight is 407 g/mol. The summed E-state index contributed by atoms with van der Waals surface area (Å²) in [4.78, 5) is 17.9. The van der Waals surface area contributed by atoms with Gasteiger partial charge in [-0.2, -0.15) is 0 Å². The van der Waals surface area contributed by atoms with Crippen molar-refractivity contribution in [3.05, 3.63) is 69.7 Å². The largest absolute Gasteiger partial charge is 0.325 e. The molecule has 0 aliphatic rings. The lowest BCUT2D eigenvalue weighted by molar-refractivity contribution is -0.885. The standard InChI is InChI=1S/C19H17Cl2N3OS/c1-24(11-18(25)22-14-8-6-13(20)7-9-14)10-15-12-26-19(23-15)16-4-2-3-5-17(16)21/h2-9,12H,10-11H2,1H3,(H,22,25)/p+1. The molecule has 2 N–H and O–H groups in total. The predicted molar refractivity (Wildman–Crippen MR) is 108 cm³/mol. The van der Waals surface area contributed by atoms with E-state index < -0.39 is 0 Å². The third-order valence-electron chi connectivity index (χ3n) is 3.73. The van der Waals surface area contributed by atoms with Crippen LogP contribution < -0.4 is 10.2 Å². The fourth-order valence-electron chi connectivity index (χ4n) is 2.53. The van der Waals surface area contributed by atoms with Gasteiger partial charge in [-0.3, -0.25) is 4.79 Å². The highest BCUT2D eigenvalue weighted by Gasteiger charge is 2.14. The zero-order chi connectivity index (χ0) is 18.5. The molecule has 1 unspecified atom stereocenters. The smallest absolute Gasteiger partial charge is 0.279 e. The number of likely N-dealkylation sites (N-methyl/N-ethyl adjacent to an activating group) is 1. The van der Waals surface area contributed by atoms with Crippen molar-refractivity contribution in [2.45, 2.75) is 6.54 Å². The summed E-state index contributed by atoms with van der Waals surface area (Å²) in [6.07, 6.45) is 0. The first-order valence-corrected chi connectivity index (χ1v) is 9.71. The molecule has 0 bridgehead atoms. The van der Waals surface area contributed by atoms with Gasteiger partial charge in [-0.1, -0.05) is 41.4 Å². The number of halogens is 2. The Morgan fingerprint density at radius 2 is 1.88 bits per heavy atom. The number of quaternary nitrogens is 1. The maximum Gasteiger partial charge on any atom is 0.279 e. The van der Waals surface area contributed by atoms with Crippen LogP contribution >= 0.6 is 34.5 Å². The van der Waals surface area contributed by atoms with Crippen LogP contribution in [0.15, 0.2) is 53.9 Å². The van der Waals surface area contributed by atoms with Gasteiger partial charge in [0.2, 0.25) is 0 Å². The number of hydrogen-bond acceptors (Lipinski definition) is 3. The average Bonchev–Trinajstić information content (AvgIpc) is 3.05. The molecule has 2 aromatic carbocycles. The number of nitrogens with one attached hydrogen (secondary N) is 2. The molecule has 1 aromatic heterocycles. The number of nitrogens with zero attached hydrogens (tertiary/aromatic N) is 1. The van der Waals surface area contributed by atoms with Crippen molar-refractivity contribution in [3.8, 4) is 10.6 Å². The molecule has 1 amide bonds. The Labute approximate surface area is 166 Å². The zero-order valence-corrected chi connectivity index (χ0v) is 16.5. The monoisotopic (exact) mass is 406 g/mol. The molecule has 0 aliphatic heterocycles. The molecule has 26 heavy (non-hydrogen) atoms. The Kier molecular flexibility index (Phi) is 6.27. The van der Waals surface area contributed by atoms with Gasteiger partial charge in [0.1, 0.15) is 17.2 Å². The molecule has 7 heteroatoms. The number of carbonyl (C=O) groups is 1. The Morgan fingerprint density at radius 3 is 2.62 bits per heavy atom. The van der Waals surface area contributed by atoms with Crippen molar-refractivity contribution in [1.82, 2.24) is 4.98 Å². The first-order valence-electron chi connectivity index (χ1n) is 8.07. The van der Waals surface area contributed by atoms with Crippen molar-refractivity contribution >= 4 is 46.1 Å². The molecule has 0 saturated carbocycles. The van der Waals surface area contributed by atoms with E-state index in [4.69, 9.17) is 23.2 Å². The van der Waals surface area contributed by atoms with Crippen LogP contribution in [0.25, 0.3) is 10.6 Å². The minimum absolute atomic E-state index is 0.0496. The number of amides is 1. The molecule has 3 aromatic rings. The number of benzene rings is 2. The number of hydrogen-bond donors (Lipinski definition) is 2. The van der Waals surface area contributed by atoms with Gasteiger partial charge in [-0.05, 0) is 30.3 Å². The number of anilines is 1. The van der Waals surface area contributed by atoms with Gasteiger partial charge in [0, 0.05) is 21.7 Å². The number of thiazole rings is 1. The molecule has 0 spiro atoms. The molecule has 1 atom stereocenters. The van der Waals surface area contributed by atoms with Gasteiger partial charge in [0.15, 0.2) is 6.54 Å². The van der Waals surface area contributed by atoms with E-state index in [1.807, 2.05) is 36.7 Å². The van der Waals surface area contributed by atoms with Crippen molar-refractivity contribution < 1.29 is 9.69 Å². The van der Waals surface area contributed by atoms with E-state index in [0.717, 1.165) is 26.9 Å². The van der Waals surface area contributed by atoms with Crippen LogP contribution in [0.3, 0.4) is 0 Å². The van der Waals surface area contributed by atoms with Crippen LogP contribution in [0.4, 0.5) is 5.69 Å². The van der Waals surface area contributed by atoms with Crippen LogP contribution in [-0.2, 0) is 11.3 Å². The van der Waals surface area contributed by atoms with Crippen LogP contribution in [0.2, 0.25) is 10.0 Å². The normalized spacial score (nSPS) is 12.0. The van der Waals surface area contributed by atoms with E-state index in [0.29, 0.717) is 23.1 Å². The number of rotatable bonds is 6. The maximum absolute atomic E-state index is 12.2. The molecule has 3 rings (SSSR count). The summed E-state index contributed by atoms with van der Waals surface area (Å²) in [5.41, 5.74) is 2.62. The SMILES string of the molecule is C[NH+](CC(=O)Nc1ccc(Cl)cc1)Cc1csc(-c2ccccc2Cl)n1. The Bertz CT molecular complexity index is 896. The van der Waals surface area contributed by atoms with Crippen molar-refractivity contribution in [1.29, 1.82) is 0 Å². The topological polar surface area (TPSA) is 46.4 Å². The van der Waals surface area contributed by atoms with Gasteiger partial charge in [-0.15, -0.1) is 11.3 Å². The van der Waals surface area contributed by atoms with Gasteiger partial charge < -0.3 is 10.2 Å². The zero-order valence-electron chi connectivity index (χ0n) is 14.1. The summed E-state index contributed by atoms with van der Waals surface area (Å²) in [7, 11) is 1.97. The number of aromatic nitrogens is 1. The quantitative estimate of drug-likeness (QED) is 0.654. The fourth-order valence-corrected chi connectivity index (χ4v) is 3.80. The second-order valence-corrected chi connectivity index (χ2v) is 7.69. The molecule has 0 aliphatic carbocycles. The van der Waals surface area contributed by atoms with E-state index >= 15 is 0 Å². The van der Waals surface area contributed by atoms with E-state index in [1.165, 1.54) is 0 Å². The lowest BCUT2D eigenvalue weighted by Crippen LogP contribution is -3.08. The van der Waals surface area contributed by atoms with Crippen molar-refractivity contribution in [3.63, 3.8) is 0 Å².